The van der Waals surface area contributed by atoms with Crippen LogP contribution < -0.4 is 11.1 Å². The van der Waals surface area contributed by atoms with Crippen molar-refractivity contribution in [1.29, 1.82) is 0 Å². The number of hydrogen-bond donors (Lipinski definition) is 2. The van der Waals surface area contributed by atoms with E-state index in [1.165, 1.54) is 12.1 Å². The van der Waals surface area contributed by atoms with Crippen molar-refractivity contribution in [2.45, 2.75) is 31.7 Å². The summed E-state index contributed by atoms with van der Waals surface area (Å²) < 4.78 is 0. The number of carbonyl (C=O) groups excluding carboxylic acids is 1. The predicted octanol–water partition coefficient (Wildman–Crippen LogP) is 3.36. The highest BCUT2D eigenvalue weighted by Crippen LogP contribution is 2.37. The maximum Gasteiger partial charge on any atom is 0.272 e. The van der Waals surface area contributed by atoms with E-state index in [1.807, 2.05) is 0 Å². The number of rotatable bonds is 4. The molecule has 1 aromatic carbocycles. The molecule has 0 atom stereocenters. The lowest BCUT2D eigenvalue weighted by atomic mass is 9.85. The van der Waals surface area contributed by atoms with Gasteiger partial charge < -0.3 is 11.1 Å². The summed E-state index contributed by atoms with van der Waals surface area (Å²) >= 11 is 12.1. The second kappa shape index (κ2) is 6.49. The van der Waals surface area contributed by atoms with E-state index in [-0.39, 0.29) is 33.6 Å². The van der Waals surface area contributed by atoms with E-state index in [4.69, 9.17) is 28.9 Å². The number of amides is 1. The van der Waals surface area contributed by atoms with Crippen LogP contribution in [0.25, 0.3) is 0 Å². The van der Waals surface area contributed by atoms with Gasteiger partial charge >= 0.3 is 0 Å². The van der Waals surface area contributed by atoms with Crippen LogP contribution in [0.5, 0.6) is 0 Å². The number of nitrogens with zero attached hydrogens (tertiary/aromatic N) is 1. The molecule has 1 fully saturated rings. The Morgan fingerprint density at radius 3 is 2.19 bits per heavy atom. The van der Waals surface area contributed by atoms with Gasteiger partial charge in [0.2, 0.25) is 5.91 Å². The summed E-state index contributed by atoms with van der Waals surface area (Å²) in [6, 6.07) is 2.66. The number of carbonyl (C=O) groups is 1. The summed E-state index contributed by atoms with van der Waals surface area (Å²) in [5.74, 6) is -0.342. The molecule has 6 nitrogen and oxygen atoms in total. The van der Waals surface area contributed by atoms with Gasteiger partial charge in [-0.25, -0.2) is 0 Å². The van der Waals surface area contributed by atoms with Crippen molar-refractivity contribution in [1.82, 2.24) is 0 Å². The molecule has 8 heteroatoms. The van der Waals surface area contributed by atoms with Gasteiger partial charge in [-0.05, 0) is 25.7 Å². The van der Waals surface area contributed by atoms with Crippen molar-refractivity contribution in [3.8, 4) is 0 Å². The minimum atomic E-state index is -0.542. The van der Waals surface area contributed by atoms with Crippen LogP contribution in [0.2, 0.25) is 10.0 Å². The number of nitrogens with two attached hydrogens (primary N) is 1. The average molecular weight is 332 g/mol. The minimum absolute atomic E-state index is 0.0779. The van der Waals surface area contributed by atoms with Crippen molar-refractivity contribution < 1.29 is 9.72 Å². The maximum atomic E-state index is 11.1. The van der Waals surface area contributed by atoms with Crippen LogP contribution in [0, 0.1) is 16.0 Å². The number of non-ortho nitro benzene ring substituents is 1. The standard InChI is InChI=1S/C13H15Cl2N3O3/c14-10-5-9(18(20)21)6-11(15)12(10)17-8-3-1-7(2-4-8)13(16)19/h5-8,17H,1-4H2,(H2,16,19). The lowest BCUT2D eigenvalue weighted by Gasteiger charge is -2.28. The Morgan fingerprint density at radius 2 is 1.76 bits per heavy atom. The third kappa shape index (κ3) is 3.77. The minimum Gasteiger partial charge on any atom is -0.380 e. The monoisotopic (exact) mass is 331 g/mol. The highest BCUT2D eigenvalue weighted by molar-refractivity contribution is 6.39. The van der Waals surface area contributed by atoms with Gasteiger partial charge in [0, 0.05) is 24.1 Å². The first-order chi connectivity index (χ1) is 9.88. The Bertz CT molecular complexity index is 549. The number of primary amides is 1. The fraction of sp³-hybridized carbons (Fsp3) is 0.462. The molecule has 1 aliphatic rings. The van der Waals surface area contributed by atoms with E-state index in [0.717, 1.165) is 25.7 Å². The van der Waals surface area contributed by atoms with Gasteiger partial charge in [-0.15, -0.1) is 0 Å². The fourth-order valence-corrected chi connectivity index (χ4v) is 3.11. The van der Waals surface area contributed by atoms with E-state index in [1.54, 1.807) is 0 Å². The average Bonchev–Trinajstić information content (AvgIpc) is 2.43. The number of nitro groups is 1. The highest BCUT2D eigenvalue weighted by Gasteiger charge is 2.26. The van der Waals surface area contributed by atoms with E-state index in [9.17, 15) is 14.9 Å². The Hall–Kier alpha value is -1.53. The molecule has 0 saturated heterocycles. The third-order valence-corrected chi connectivity index (χ3v) is 4.31. The first-order valence-electron chi connectivity index (χ1n) is 6.57. The topological polar surface area (TPSA) is 98.3 Å². The lowest BCUT2D eigenvalue weighted by molar-refractivity contribution is -0.384. The van der Waals surface area contributed by atoms with Crippen molar-refractivity contribution >= 4 is 40.5 Å². The molecule has 0 bridgehead atoms. The molecule has 21 heavy (non-hydrogen) atoms. The Morgan fingerprint density at radius 1 is 1.24 bits per heavy atom. The number of nitrogens with one attached hydrogen (secondary N) is 1. The first kappa shape index (κ1) is 15.9. The molecule has 1 amide bonds. The lowest BCUT2D eigenvalue weighted by Crippen LogP contribution is -2.32. The largest absolute Gasteiger partial charge is 0.380 e. The van der Waals surface area contributed by atoms with Crippen molar-refractivity contribution in [3.05, 3.63) is 32.3 Å². The molecule has 1 aliphatic carbocycles. The van der Waals surface area contributed by atoms with Gasteiger partial charge in [-0.1, -0.05) is 23.2 Å². The summed E-state index contributed by atoms with van der Waals surface area (Å²) in [7, 11) is 0. The van der Waals surface area contributed by atoms with Crippen molar-refractivity contribution in [2.24, 2.45) is 11.7 Å². The molecule has 1 aromatic rings. The molecule has 0 aromatic heterocycles. The molecule has 1 saturated carbocycles. The molecule has 0 unspecified atom stereocenters. The van der Waals surface area contributed by atoms with Gasteiger partial charge in [0.25, 0.3) is 5.69 Å². The third-order valence-electron chi connectivity index (χ3n) is 3.72. The van der Waals surface area contributed by atoms with Crippen LogP contribution in [-0.4, -0.2) is 16.9 Å². The maximum absolute atomic E-state index is 11.1. The van der Waals surface area contributed by atoms with Crippen LogP contribution >= 0.6 is 23.2 Å². The summed E-state index contributed by atoms with van der Waals surface area (Å²) in [6.45, 7) is 0. The molecule has 2 rings (SSSR count). The zero-order valence-electron chi connectivity index (χ0n) is 11.1. The molecule has 0 aliphatic heterocycles. The summed E-state index contributed by atoms with van der Waals surface area (Å²) in [5.41, 5.74) is 5.64. The molecular weight excluding hydrogens is 317 g/mol. The Kier molecular flexibility index (Phi) is 4.90. The van der Waals surface area contributed by atoms with Crippen LogP contribution in [0.4, 0.5) is 11.4 Å². The SMILES string of the molecule is NC(=O)C1CCC(Nc2c(Cl)cc([N+](=O)[O-])cc2Cl)CC1. The van der Waals surface area contributed by atoms with Gasteiger partial charge in [-0.2, -0.15) is 0 Å². The highest BCUT2D eigenvalue weighted by atomic mass is 35.5. The van der Waals surface area contributed by atoms with E-state index in [2.05, 4.69) is 5.32 Å². The second-order valence-electron chi connectivity index (χ2n) is 5.14. The quantitative estimate of drug-likeness (QED) is 0.652. The van der Waals surface area contributed by atoms with Crippen molar-refractivity contribution in [2.75, 3.05) is 5.32 Å². The van der Waals surface area contributed by atoms with Gasteiger partial charge in [0.15, 0.2) is 0 Å². The van der Waals surface area contributed by atoms with Crippen molar-refractivity contribution in [3.63, 3.8) is 0 Å². The zero-order valence-corrected chi connectivity index (χ0v) is 12.7. The molecule has 0 heterocycles. The first-order valence-corrected chi connectivity index (χ1v) is 7.33. The van der Waals surface area contributed by atoms with E-state index >= 15 is 0 Å². The number of halogens is 2. The normalized spacial score (nSPS) is 21.8. The number of hydrogen-bond acceptors (Lipinski definition) is 4. The van der Waals surface area contributed by atoms with Crippen LogP contribution in [-0.2, 0) is 4.79 Å². The van der Waals surface area contributed by atoms with Gasteiger partial charge in [0.1, 0.15) is 0 Å². The van der Waals surface area contributed by atoms with E-state index < -0.39 is 4.92 Å². The van der Waals surface area contributed by atoms with Crippen LogP contribution in [0.1, 0.15) is 25.7 Å². The molecular formula is C13H15Cl2N3O3. The number of benzene rings is 1. The number of nitro benzene ring substituents is 1. The summed E-state index contributed by atoms with van der Waals surface area (Å²) in [4.78, 5) is 21.3. The Balaban J connectivity index is 2.07. The number of anilines is 1. The molecule has 0 radical (unpaired) electrons. The molecule has 0 spiro atoms. The fourth-order valence-electron chi connectivity index (χ4n) is 2.53. The zero-order chi connectivity index (χ0) is 15.6. The van der Waals surface area contributed by atoms with Gasteiger partial charge in [-0.3, -0.25) is 14.9 Å². The smallest absolute Gasteiger partial charge is 0.272 e. The summed E-state index contributed by atoms with van der Waals surface area (Å²) in [5, 5.41) is 14.4. The van der Waals surface area contributed by atoms with E-state index in [0.29, 0.717) is 5.69 Å². The summed E-state index contributed by atoms with van der Waals surface area (Å²) in [6.07, 6.45) is 2.99. The predicted molar refractivity (Wildman–Crippen MR) is 81.7 cm³/mol. The second-order valence-corrected chi connectivity index (χ2v) is 5.95. The van der Waals surface area contributed by atoms with Crippen LogP contribution in [0.3, 0.4) is 0 Å². The Labute approximate surface area is 131 Å². The van der Waals surface area contributed by atoms with Crippen LogP contribution in [0.15, 0.2) is 12.1 Å². The molecule has 3 N–H and O–H groups in total. The molecule has 114 valence electrons. The van der Waals surface area contributed by atoms with Gasteiger partial charge in [0.05, 0.1) is 20.7 Å².